The van der Waals surface area contributed by atoms with Crippen LogP contribution in [-0.2, 0) is 17.6 Å². The number of aromatic nitrogens is 1. The summed E-state index contributed by atoms with van der Waals surface area (Å²) in [7, 11) is 4.00. The number of aliphatic hydroxyl groups is 2. The van der Waals surface area contributed by atoms with Gasteiger partial charge in [-0.25, -0.2) is 4.39 Å². The number of halogens is 1. The Kier molecular flexibility index (Phi) is 11.6. The molecule has 0 saturated carbocycles. The van der Waals surface area contributed by atoms with E-state index in [-0.39, 0.29) is 24.1 Å². The predicted molar refractivity (Wildman–Crippen MR) is 175 cm³/mol. The van der Waals surface area contributed by atoms with Gasteiger partial charge in [0.25, 0.3) is 5.91 Å². The van der Waals surface area contributed by atoms with E-state index >= 15 is 0 Å². The number of pyridine rings is 1. The molecule has 240 valence electrons. The van der Waals surface area contributed by atoms with Crippen LogP contribution >= 0.6 is 0 Å². The first-order chi connectivity index (χ1) is 21.4. The predicted octanol–water partition coefficient (Wildman–Crippen LogP) is 5.45. The third-order valence-corrected chi connectivity index (χ3v) is 8.02. The van der Waals surface area contributed by atoms with Gasteiger partial charge in [0.2, 0.25) is 0 Å². The molecule has 0 unspecified atom stereocenters. The van der Waals surface area contributed by atoms with Gasteiger partial charge < -0.3 is 25.5 Å². The van der Waals surface area contributed by atoms with Crippen molar-refractivity contribution >= 4 is 18.0 Å². The zero-order valence-electron chi connectivity index (χ0n) is 26.5. The molecule has 1 amide bonds. The van der Waals surface area contributed by atoms with E-state index in [0.717, 1.165) is 70.6 Å². The molecular formula is C36H44FN3O5. The van der Waals surface area contributed by atoms with Crippen LogP contribution in [0.3, 0.4) is 0 Å². The second-order valence-corrected chi connectivity index (χ2v) is 12.3. The summed E-state index contributed by atoms with van der Waals surface area (Å²) in [5.74, 6) is -1.66. The lowest BCUT2D eigenvalue weighted by molar-refractivity contribution is -0.139. The molecule has 4 rings (SSSR count). The van der Waals surface area contributed by atoms with Crippen LogP contribution in [0, 0.1) is 5.82 Å². The summed E-state index contributed by atoms with van der Waals surface area (Å²) in [4.78, 5) is 31.4. The van der Waals surface area contributed by atoms with E-state index in [0.29, 0.717) is 18.5 Å². The molecule has 1 aliphatic carbocycles. The quantitative estimate of drug-likeness (QED) is 0.188. The van der Waals surface area contributed by atoms with Gasteiger partial charge in [-0.2, -0.15) is 0 Å². The molecule has 0 spiro atoms. The first-order valence-electron chi connectivity index (χ1n) is 15.6. The number of hydrogen-bond acceptors (Lipinski definition) is 6. The van der Waals surface area contributed by atoms with Crippen LogP contribution in [0.4, 0.5) is 4.39 Å². The molecule has 3 aromatic rings. The van der Waals surface area contributed by atoms with Gasteiger partial charge in [-0.1, -0.05) is 44.2 Å². The Hall–Kier alpha value is -3.92. The highest BCUT2D eigenvalue weighted by molar-refractivity contribution is 5.96. The van der Waals surface area contributed by atoms with Crippen LogP contribution < -0.4 is 5.32 Å². The largest absolute Gasteiger partial charge is 0.481 e. The number of amides is 1. The summed E-state index contributed by atoms with van der Waals surface area (Å²) in [6.07, 6.45) is 3.67. The molecule has 9 heteroatoms. The molecular weight excluding hydrogens is 573 g/mol. The summed E-state index contributed by atoms with van der Waals surface area (Å²) in [5, 5.41) is 32.7. The van der Waals surface area contributed by atoms with Gasteiger partial charge in [0.05, 0.1) is 30.0 Å². The van der Waals surface area contributed by atoms with Gasteiger partial charge >= 0.3 is 5.97 Å². The summed E-state index contributed by atoms with van der Waals surface area (Å²) in [5.41, 5.74) is 7.58. The first kappa shape index (κ1) is 34.0. The number of aliphatic carboxylic acids is 1. The lowest BCUT2D eigenvalue weighted by Crippen LogP contribution is -2.27. The van der Waals surface area contributed by atoms with E-state index in [1.54, 1.807) is 24.3 Å². The van der Waals surface area contributed by atoms with Crippen molar-refractivity contribution in [2.45, 2.75) is 70.5 Å². The standard InChI is InChI=1S/C36H44FN3O5/c1-22(2)34-30(16-15-27(41)20-28(42)21-32(43)44)33(24-11-13-26(37)14-12-24)29-8-5-7-23-9-10-25(19-31(23)35(29)39-34)36(45)38-17-6-18-40(3)4/h9-16,19,22,27-28,41-42H,5-8,17-18,20-21H2,1-4H3,(H,38,45)(H,43,44)/t27-,28-/m1/s1. The highest BCUT2D eigenvalue weighted by Crippen LogP contribution is 2.42. The summed E-state index contributed by atoms with van der Waals surface area (Å²) >= 11 is 0. The van der Waals surface area contributed by atoms with Crippen LogP contribution in [-0.4, -0.2) is 76.5 Å². The van der Waals surface area contributed by atoms with Crippen molar-refractivity contribution in [1.29, 1.82) is 0 Å². The van der Waals surface area contributed by atoms with Gasteiger partial charge in [0.15, 0.2) is 0 Å². The van der Waals surface area contributed by atoms with Crippen molar-refractivity contribution in [1.82, 2.24) is 15.2 Å². The minimum Gasteiger partial charge on any atom is -0.481 e. The maximum absolute atomic E-state index is 14.1. The summed E-state index contributed by atoms with van der Waals surface area (Å²) in [6, 6.07) is 12.1. The van der Waals surface area contributed by atoms with Crippen molar-refractivity contribution in [3.8, 4) is 22.4 Å². The van der Waals surface area contributed by atoms with Gasteiger partial charge in [-0.05, 0) is 98.8 Å². The highest BCUT2D eigenvalue weighted by atomic mass is 19.1. The van der Waals surface area contributed by atoms with E-state index < -0.39 is 24.6 Å². The molecule has 0 fully saturated rings. The normalized spacial score (nSPS) is 14.2. The number of carboxylic acid groups (broad SMARTS) is 1. The molecule has 1 aromatic heterocycles. The molecule has 0 radical (unpaired) electrons. The minimum atomic E-state index is -1.19. The third-order valence-electron chi connectivity index (χ3n) is 8.02. The Morgan fingerprint density at radius 1 is 1.09 bits per heavy atom. The fraction of sp³-hybridized carbons (Fsp3) is 0.417. The van der Waals surface area contributed by atoms with E-state index in [1.807, 2.05) is 46.1 Å². The molecule has 0 aliphatic heterocycles. The van der Waals surface area contributed by atoms with Gasteiger partial charge in [-0.15, -0.1) is 0 Å². The molecule has 4 N–H and O–H groups in total. The maximum atomic E-state index is 14.1. The average Bonchev–Trinajstić information content (AvgIpc) is 3.16. The average molecular weight is 618 g/mol. The van der Waals surface area contributed by atoms with Gasteiger partial charge in [-0.3, -0.25) is 14.6 Å². The Morgan fingerprint density at radius 2 is 1.82 bits per heavy atom. The fourth-order valence-electron chi connectivity index (χ4n) is 5.84. The zero-order chi connectivity index (χ0) is 32.7. The zero-order valence-corrected chi connectivity index (χ0v) is 26.5. The number of aryl methyl sites for hydroxylation is 1. The van der Waals surface area contributed by atoms with Crippen molar-refractivity contribution < 1.29 is 29.3 Å². The summed E-state index contributed by atoms with van der Waals surface area (Å²) < 4.78 is 14.1. The molecule has 2 atom stereocenters. The van der Waals surface area contributed by atoms with E-state index in [1.165, 1.54) is 12.1 Å². The fourth-order valence-corrected chi connectivity index (χ4v) is 5.84. The highest BCUT2D eigenvalue weighted by Gasteiger charge is 2.26. The number of nitrogens with zero attached hydrogens (tertiary/aromatic N) is 2. The topological polar surface area (TPSA) is 123 Å². The van der Waals surface area contributed by atoms with Crippen LogP contribution in [0.15, 0.2) is 48.5 Å². The Balaban J connectivity index is 1.83. The molecule has 1 aliphatic rings. The van der Waals surface area contributed by atoms with Crippen LogP contribution in [0.1, 0.15) is 78.2 Å². The number of aliphatic hydroxyl groups excluding tert-OH is 2. The molecule has 1 heterocycles. The SMILES string of the molecule is CC(C)c1nc2c(c(-c3ccc(F)cc3)c1C=C[C@@H](O)C[C@@H](O)CC(=O)O)CCCc1ccc(C(=O)NCCCN(C)C)cc1-2. The number of fused-ring (bicyclic) bond motifs is 3. The Bertz CT molecular complexity index is 1530. The smallest absolute Gasteiger partial charge is 0.305 e. The van der Waals surface area contributed by atoms with Crippen LogP contribution in [0.5, 0.6) is 0 Å². The number of hydrogen-bond donors (Lipinski definition) is 4. The maximum Gasteiger partial charge on any atom is 0.305 e. The molecule has 8 nitrogen and oxygen atoms in total. The van der Waals surface area contributed by atoms with Crippen molar-refractivity contribution in [2.75, 3.05) is 27.2 Å². The number of nitrogens with one attached hydrogen (secondary N) is 1. The minimum absolute atomic E-state index is 0.0289. The van der Waals surface area contributed by atoms with E-state index in [4.69, 9.17) is 10.1 Å². The Morgan fingerprint density at radius 3 is 2.49 bits per heavy atom. The number of rotatable bonds is 13. The monoisotopic (exact) mass is 617 g/mol. The second kappa shape index (κ2) is 15.4. The van der Waals surface area contributed by atoms with Crippen molar-refractivity contribution in [2.24, 2.45) is 0 Å². The third kappa shape index (κ3) is 8.84. The van der Waals surface area contributed by atoms with Gasteiger partial charge in [0.1, 0.15) is 5.82 Å². The van der Waals surface area contributed by atoms with Crippen LogP contribution in [0.2, 0.25) is 0 Å². The van der Waals surface area contributed by atoms with Crippen LogP contribution in [0.25, 0.3) is 28.5 Å². The molecule has 0 saturated heterocycles. The van der Waals surface area contributed by atoms with E-state index in [2.05, 4.69) is 10.2 Å². The van der Waals surface area contributed by atoms with Crippen molar-refractivity contribution in [3.05, 3.63) is 82.3 Å². The first-order valence-corrected chi connectivity index (χ1v) is 15.6. The lowest BCUT2D eigenvalue weighted by Gasteiger charge is -2.22. The summed E-state index contributed by atoms with van der Waals surface area (Å²) in [6.45, 7) is 5.51. The van der Waals surface area contributed by atoms with Crippen molar-refractivity contribution in [3.63, 3.8) is 0 Å². The molecule has 0 bridgehead atoms. The lowest BCUT2D eigenvalue weighted by atomic mass is 9.86. The molecule has 2 aromatic carbocycles. The Labute approximate surface area is 264 Å². The van der Waals surface area contributed by atoms with E-state index in [9.17, 15) is 24.2 Å². The number of benzene rings is 2. The second-order valence-electron chi connectivity index (χ2n) is 12.3. The number of carboxylic acids is 1. The molecule has 45 heavy (non-hydrogen) atoms. The van der Waals surface area contributed by atoms with Gasteiger partial charge in [0, 0.05) is 29.7 Å². The number of carbonyl (C=O) groups excluding carboxylic acids is 1. The number of carbonyl (C=O) groups is 2.